The van der Waals surface area contributed by atoms with Gasteiger partial charge in [0.1, 0.15) is 29.1 Å². The van der Waals surface area contributed by atoms with E-state index >= 15 is 0 Å². The number of aromatic nitrogens is 2. The van der Waals surface area contributed by atoms with E-state index in [-0.39, 0.29) is 49.1 Å². The van der Waals surface area contributed by atoms with Crippen molar-refractivity contribution < 1.29 is 34.0 Å². The van der Waals surface area contributed by atoms with Crippen LogP contribution < -0.4 is 4.74 Å². The van der Waals surface area contributed by atoms with E-state index in [9.17, 15) is 19.8 Å². The van der Waals surface area contributed by atoms with E-state index in [1.165, 1.54) is 25.8 Å². The SMILES string of the molecule is COc1cccc([C@@H]2[C@@H](C(C)C)CN(C(C)=O)C[C@H](OC)[C@@H](O)[C@@H](O)COCCCCN2C(=O)CSc2nc(-c3cccc(C)c3)nc3ccc(C)cc23)c1. The average molecular weight is 773 g/mol. The molecule has 1 saturated heterocycles. The summed E-state index contributed by atoms with van der Waals surface area (Å²) < 4.78 is 17.1. The number of methoxy groups -OCH3 is 2. The van der Waals surface area contributed by atoms with E-state index in [0.717, 1.165) is 38.2 Å². The van der Waals surface area contributed by atoms with Crippen LogP contribution in [0.15, 0.2) is 71.8 Å². The molecule has 2 heterocycles. The number of ether oxygens (including phenoxy) is 3. The molecule has 296 valence electrons. The number of hydrogen-bond donors (Lipinski definition) is 2. The maximum Gasteiger partial charge on any atom is 0.233 e. The number of amides is 2. The normalized spacial score (nSPS) is 22.0. The molecule has 12 heteroatoms. The Labute approximate surface area is 329 Å². The highest BCUT2D eigenvalue weighted by atomic mass is 32.2. The Morgan fingerprint density at radius 1 is 0.964 bits per heavy atom. The fraction of sp³-hybridized carbons (Fsp3) is 0.488. The largest absolute Gasteiger partial charge is 0.497 e. The summed E-state index contributed by atoms with van der Waals surface area (Å²) in [5.41, 5.74) is 4.79. The fourth-order valence-electron chi connectivity index (χ4n) is 7.19. The number of fused-ring (bicyclic) bond motifs is 1. The van der Waals surface area contributed by atoms with Crippen molar-refractivity contribution in [1.29, 1.82) is 0 Å². The molecule has 5 atom stereocenters. The monoisotopic (exact) mass is 772 g/mol. The summed E-state index contributed by atoms with van der Waals surface area (Å²) in [4.78, 5) is 41.8. The lowest BCUT2D eigenvalue weighted by Crippen LogP contribution is -2.51. The standard InChI is InChI=1S/C43H56N4O7S/c1-27(2)35-23-46(30(5)48)24-38(53-7)41(51)37(49)25-54-19-9-8-18-47(40(35)31-13-11-15-33(22-31)52-6)39(50)26-55-43-34-21-29(4)16-17-36(34)44-42(45-43)32-14-10-12-28(3)20-32/h10-17,20-22,27,35,37-38,40-41,49,51H,8-9,18-19,23-26H2,1-7H3/t35-,37+,38+,40-,41+/m1/s1. The first-order valence-corrected chi connectivity index (χ1v) is 20.0. The van der Waals surface area contributed by atoms with Crippen LogP contribution in [0.2, 0.25) is 0 Å². The van der Waals surface area contributed by atoms with Crippen LogP contribution in [0.3, 0.4) is 0 Å². The zero-order valence-electron chi connectivity index (χ0n) is 33.1. The van der Waals surface area contributed by atoms with E-state index in [1.807, 2.05) is 73.3 Å². The molecule has 1 aromatic heterocycles. The third-order valence-electron chi connectivity index (χ3n) is 10.4. The van der Waals surface area contributed by atoms with Crippen LogP contribution >= 0.6 is 11.8 Å². The van der Waals surface area contributed by atoms with Gasteiger partial charge in [-0.05, 0) is 68.5 Å². The minimum atomic E-state index is -1.27. The van der Waals surface area contributed by atoms with Crippen molar-refractivity contribution in [1.82, 2.24) is 19.8 Å². The average Bonchev–Trinajstić information content (AvgIpc) is 3.17. The molecule has 1 aliphatic heterocycles. The minimum Gasteiger partial charge on any atom is -0.497 e. The third-order valence-corrected chi connectivity index (χ3v) is 11.3. The Morgan fingerprint density at radius 2 is 1.73 bits per heavy atom. The van der Waals surface area contributed by atoms with Gasteiger partial charge in [0, 0.05) is 57.1 Å². The van der Waals surface area contributed by atoms with Gasteiger partial charge in [0.2, 0.25) is 11.8 Å². The molecule has 0 aliphatic carbocycles. The quantitative estimate of drug-likeness (QED) is 0.156. The first kappa shape index (κ1) is 42.1. The number of aliphatic hydroxyl groups is 2. The summed E-state index contributed by atoms with van der Waals surface area (Å²) in [5.74, 6) is 0.895. The zero-order chi connectivity index (χ0) is 39.6. The van der Waals surface area contributed by atoms with E-state index in [2.05, 4.69) is 26.0 Å². The molecule has 1 aliphatic rings. The van der Waals surface area contributed by atoms with Gasteiger partial charge in [-0.3, -0.25) is 9.59 Å². The van der Waals surface area contributed by atoms with Crippen LogP contribution in [0.1, 0.15) is 56.3 Å². The van der Waals surface area contributed by atoms with E-state index in [1.54, 1.807) is 12.0 Å². The van der Waals surface area contributed by atoms with Gasteiger partial charge in [-0.25, -0.2) is 9.97 Å². The summed E-state index contributed by atoms with van der Waals surface area (Å²) in [7, 11) is 3.08. The summed E-state index contributed by atoms with van der Waals surface area (Å²) >= 11 is 1.41. The number of thioether (sulfide) groups is 1. The van der Waals surface area contributed by atoms with Gasteiger partial charge in [-0.2, -0.15) is 0 Å². The van der Waals surface area contributed by atoms with Crippen molar-refractivity contribution in [3.05, 3.63) is 83.4 Å². The number of benzene rings is 3. The van der Waals surface area contributed by atoms with Crippen molar-refractivity contribution in [3.8, 4) is 17.1 Å². The fourth-order valence-corrected chi connectivity index (χ4v) is 8.09. The van der Waals surface area contributed by atoms with Crippen LogP contribution in [-0.4, -0.2) is 113 Å². The number of carbonyl (C=O) groups is 2. The van der Waals surface area contributed by atoms with Crippen molar-refractivity contribution in [3.63, 3.8) is 0 Å². The lowest BCUT2D eigenvalue weighted by molar-refractivity contribution is -0.139. The Kier molecular flexibility index (Phi) is 15.1. The molecule has 3 aromatic carbocycles. The predicted molar refractivity (Wildman–Crippen MR) is 216 cm³/mol. The predicted octanol–water partition coefficient (Wildman–Crippen LogP) is 6.25. The van der Waals surface area contributed by atoms with Gasteiger partial charge in [0.25, 0.3) is 0 Å². The third kappa shape index (κ3) is 10.8. The van der Waals surface area contributed by atoms with E-state index in [0.29, 0.717) is 37.6 Å². The number of aliphatic hydroxyl groups excluding tert-OH is 2. The first-order chi connectivity index (χ1) is 26.4. The Morgan fingerprint density at radius 3 is 2.44 bits per heavy atom. The van der Waals surface area contributed by atoms with Gasteiger partial charge < -0.3 is 34.2 Å². The van der Waals surface area contributed by atoms with Gasteiger partial charge in [-0.1, -0.05) is 73.1 Å². The summed E-state index contributed by atoms with van der Waals surface area (Å²) in [6.07, 6.45) is -2.07. The minimum absolute atomic E-state index is 0.0159. The van der Waals surface area contributed by atoms with Crippen LogP contribution in [-0.2, 0) is 19.1 Å². The zero-order valence-corrected chi connectivity index (χ0v) is 33.9. The van der Waals surface area contributed by atoms with Crippen LogP contribution in [0.5, 0.6) is 5.75 Å². The molecule has 0 spiro atoms. The van der Waals surface area contributed by atoms with Gasteiger partial charge in [-0.15, -0.1) is 0 Å². The van der Waals surface area contributed by atoms with Gasteiger partial charge in [0.05, 0.1) is 31.0 Å². The molecule has 0 saturated carbocycles. The lowest BCUT2D eigenvalue weighted by atomic mass is 9.82. The molecule has 55 heavy (non-hydrogen) atoms. The number of aryl methyl sites for hydroxylation is 2. The number of carbonyl (C=O) groups excluding carboxylic acids is 2. The number of hydrogen-bond acceptors (Lipinski definition) is 10. The summed E-state index contributed by atoms with van der Waals surface area (Å²) in [6, 6.07) is 21.5. The lowest BCUT2D eigenvalue weighted by Gasteiger charge is -2.42. The highest BCUT2D eigenvalue weighted by Gasteiger charge is 2.37. The van der Waals surface area contributed by atoms with Crippen molar-refractivity contribution in [2.45, 2.75) is 76.8 Å². The van der Waals surface area contributed by atoms with Crippen molar-refractivity contribution in [2.24, 2.45) is 11.8 Å². The smallest absolute Gasteiger partial charge is 0.233 e. The first-order valence-electron chi connectivity index (χ1n) is 19.0. The highest BCUT2D eigenvalue weighted by Crippen LogP contribution is 2.38. The van der Waals surface area contributed by atoms with E-state index in [4.69, 9.17) is 24.2 Å². The summed E-state index contributed by atoms with van der Waals surface area (Å²) in [6.45, 7) is 10.8. The number of nitrogens with zero attached hydrogens (tertiary/aromatic N) is 4. The molecule has 2 N–H and O–H groups in total. The molecule has 0 radical (unpaired) electrons. The Balaban J connectivity index is 1.57. The van der Waals surface area contributed by atoms with E-state index < -0.39 is 24.4 Å². The molecular formula is C43H56N4O7S. The summed E-state index contributed by atoms with van der Waals surface area (Å²) in [5, 5.41) is 23.4. The van der Waals surface area contributed by atoms with Crippen LogP contribution in [0.25, 0.3) is 22.3 Å². The molecule has 5 rings (SSSR count). The molecule has 4 aromatic rings. The van der Waals surface area contributed by atoms with Gasteiger partial charge >= 0.3 is 0 Å². The number of rotatable bonds is 8. The molecule has 1 fully saturated rings. The maximum absolute atomic E-state index is 14.9. The second-order valence-corrected chi connectivity index (χ2v) is 15.7. The van der Waals surface area contributed by atoms with Crippen LogP contribution in [0.4, 0.5) is 0 Å². The Hall–Kier alpha value is -4.07. The molecule has 0 unspecified atom stereocenters. The maximum atomic E-state index is 14.9. The Bertz CT molecular complexity index is 1910. The molecular weight excluding hydrogens is 717 g/mol. The molecule has 0 bridgehead atoms. The second-order valence-electron chi connectivity index (χ2n) is 14.8. The van der Waals surface area contributed by atoms with Crippen molar-refractivity contribution in [2.75, 3.05) is 52.8 Å². The molecule has 11 nitrogen and oxygen atoms in total. The van der Waals surface area contributed by atoms with Gasteiger partial charge in [0.15, 0.2) is 5.82 Å². The topological polar surface area (TPSA) is 135 Å². The van der Waals surface area contributed by atoms with Crippen molar-refractivity contribution >= 4 is 34.5 Å². The molecule has 2 amide bonds. The second kappa shape index (κ2) is 19.7. The highest BCUT2D eigenvalue weighted by molar-refractivity contribution is 8.00. The van der Waals surface area contributed by atoms with Crippen LogP contribution in [0, 0.1) is 25.7 Å².